The number of hydrogen-bond acceptors (Lipinski definition) is 3. The predicted octanol–water partition coefficient (Wildman–Crippen LogP) is 4.25. The van der Waals surface area contributed by atoms with Gasteiger partial charge in [0.15, 0.2) is 6.29 Å². The van der Waals surface area contributed by atoms with E-state index in [0.717, 1.165) is 42.8 Å². The molecule has 0 radical (unpaired) electrons. The van der Waals surface area contributed by atoms with Gasteiger partial charge in [-0.25, -0.2) is 9.37 Å². The van der Waals surface area contributed by atoms with E-state index in [2.05, 4.69) is 22.6 Å². The molecule has 4 rings (SSSR count). The molecule has 138 valence electrons. The van der Waals surface area contributed by atoms with Crippen LogP contribution < -0.4 is 0 Å². The molecule has 2 aliphatic rings. The maximum atomic E-state index is 13.2. The van der Waals surface area contributed by atoms with E-state index >= 15 is 0 Å². The summed E-state index contributed by atoms with van der Waals surface area (Å²) in [4.78, 5) is 4.61. The number of aliphatic hydroxyl groups is 1. The Kier molecular flexibility index (Phi) is 4.45. The molecule has 0 saturated heterocycles. The van der Waals surface area contributed by atoms with Gasteiger partial charge in [-0.15, -0.1) is 0 Å². The highest BCUT2D eigenvalue weighted by Crippen LogP contribution is 2.51. The highest BCUT2D eigenvalue weighted by molar-refractivity contribution is 5.72. The molecule has 0 unspecified atom stereocenters. The highest BCUT2D eigenvalue weighted by atomic mass is 19.1. The van der Waals surface area contributed by atoms with Crippen molar-refractivity contribution < 1.29 is 14.2 Å². The topological polar surface area (TPSA) is 47.3 Å². The SMILES string of the molecule is CO[C@H](O)C[C@H]1CCCC2=Cc3c(-c4ccc(F)cc4)ncn3C[C@@]21C. The fourth-order valence-corrected chi connectivity index (χ4v) is 4.61. The quantitative estimate of drug-likeness (QED) is 0.833. The second-order valence-electron chi connectivity index (χ2n) is 7.72. The predicted molar refractivity (Wildman–Crippen MR) is 98.7 cm³/mol. The Morgan fingerprint density at radius 2 is 2.15 bits per heavy atom. The van der Waals surface area contributed by atoms with Crippen LogP contribution in [0.15, 0.2) is 36.2 Å². The summed E-state index contributed by atoms with van der Waals surface area (Å²) in [7, 11) is 1.55. The average Bonchev–Trinajstić information content (AvgIpc) is 3.03. The first-order chi connectivity index (χ1) is 12.5. The normalized spacial score (nSPS) is 26.0. The van der Waals surface area contributed by atoms with E-state index in [1.165, 1.54) is 17.7 Å². The second kappa shape index (κ2) is 6.63. The molecule has 1 fully saturated rings. The van der Waals surface area contributed by atoms with Crippen molar-refractivity contribution in [3.8, 4) is 11.3 Å². The number of hydrogen-bond donors (Lipinski definition) is 1. The van der Waals surface area contributed by atoms with E-state index in [0.29, 0.717) is 12.3 Å². The third-order valence-corrected chi connectivity index (χ3v) is 6.20. The molecule has 1 aliphatic heterocycles. The number of allylic oxidation sites excluding steroid dienone is 1. The minimum atomic E-state index is -0.713. The summed E-state index contributed by atoms with van der Waals surface area (Å²) < 4.78 is 20.5. The molecule has 1 aromatic heterocycles. The number of halogens is 1. The smallest absolute Gasteiger partial charge is 0.154 e. The number of ether oxygens (including phenoxy) is 1. The van der Waals surface area contributed by atoms with E-state index in [1.807, 2.05) is 6.33 Å². The van der Waals surface area contributed by atoms with E-state index in [1.54, 1.807) is 19.2 Å². The van der Waals surface area contributed by atoms with E-state index in [-0.39, 0.29) is 11.2 Å². The van der Waals surface area contributed by atoms with Gasteiger partial charge in [0.25, 0.3) is 0 Å². The van der Waals surface area contributed by atoms with E-state index in [4.69, 9.17) is 4.74 Å². The molecule has 5 heteroatoms. The molecule has 1 saturated carbocycles. The number of benzene rings is 1. The lowest BCUT2D eigenvalue weighted by molar-refractivity contribution is -0.0990. The maximum absolute atomic E-state index is 13.2. The van der Waals surface area contributed by atoms with E-state index < -0.39 is 6.29 Å². The Labute approximate surface area is 153 Å². The summed E-state index contributed by atoms with van der Waals surface area (Å²) in [5, 5.41) is 9.99. The number of aromatic nitrogens is 2. The summed E-state index contributed by atoms with van der Waals surface area (Å²) in [5.41, 5.74) is 4.36. The van der Waals surface area contributed by atoms with Gasteiger partial charge in [0, 0.05) is 31.1 Å². The Morgan fingerprint density at radius 1 is 1.38 bits per heavy atom. The zero-order chi connectivity index (χ0) is 18.3. The van der Waals surface area contributed by atoms with Crippen molar-refractivity contribution >= 4 is 6.08 Å². The molecule has 0 bridgehead atoms. The standard InChI is InChI=1S/C21H25FN2O2/c1-21-12-24-13-23-20(14-6-8-17(22)9-7-14)18(24)10-15(21)4-3-5-16(21)11-19(25)26-2/h6-10,13,16,19,25H,3-5,11-12H2,1-2H3/t16-,19+,21+/m1/s1. The lowest BCUT2D eigenvalue weighted by atomic mass is 9.62. The Bertz CT molecular complexity index is 827. The van der Waals surface area contributed by atoms with Crippen molar-refractivity contribution in [1.29, 1.82) is 0 Å². The van der Waals surface area contributed by atoms with Crippen LogP contribution in [0, 0.1) is 17.2 Å². The van der Waals surface area contributed by atoms with Crippen molar-refractivity contribution in [3.05, 3.63) is 47.7 Å². The van der Waals surface area contributed by atoms with Gasteiger partial charge in [-0.1, -0.05) is 12.5 Å². The van der Waals surface area contributed by atoms with Gasteiger partial charge in [0.1, 0.15) is 5.82 Å². The third kappa shape index (κ3) is 2.89. The molecule has 1 aromatic carbocycles. The monoisotopic (exact) mass is 356 g/mol. The Balaban J connectivity index is 1.70. The molecule has 1 aliphatic carbocycles. The zero-order valence-electron chi connectivity index (χ0n) is 15.3. The summed E-state index contributed by atoms with van der Waals surface area (Å²) in [5.74, 6) is 0.141. The van der Waals surface area contributed by atoms with Gasteiger partial charge >= 0.3 is 0 Å². The summed E-state index contributed by atoms with van der Waals surface area (Å²) in [6.07, 6.45) is 7.38. The molecular formula is C21H25FN2O2. The van der Waals surface area contributed by atoms with Crippen LogP contribution >= 0.6 is 0 Å². The number of imidazole rings is 1. The van der Waals surface area contributed by atoms with Crippen molar-refractivity contribution in [2.45, 2.75) is 45.4 Å². The number of methoxy groups -OCH3 is 1. The van der Waals surface area contributed by atoms with Gasteiger partial charge in [-0.3, -0.25) is 0 Å². The molecule has 26 heavy (non-hydrogen) atoms. The van der Waals surface area contributed by atoms with Crippen LogP contribution in [0.2, 0.25) is 0 Å². The van der Waals surface area contributed by atoms with Crippen LogP contribution in [0.25, 0.3) is 17.3 Å². The van der Waals surface area contributed by atoms with Crippen LogP contribution in [0.1, 0.15) is 38.3 Å². The van der Waals surface area contributed by atoms with Crippen LogP contribution in [-0.4, -0.2) is 28.1 Å². The average molecular weight is 356 g/mol. The molecular weight excluding hydrogens is 331 g/mol. The fourth-order valence-electron chi connectivity index (χ4n) is 4.61. The van der Waals surface area contributed by atoms with Crippen molar-refractivity contribution in [3.63, 3.8) is 0 Å². The number of aliphatic hydroxyl groups excluding tert-OH is 1. The van der Waals surface area contributed by atoms with Crippen molar-refractivity contribution in [1.82, 2.24) is 9.55 Å². The molecule has 2 aromatic rings. The lowest BCUT2D eigenvalue weighted by Crippen LogP contribution is -2.41. The summed E-state index contributed by atoms with van der Waals surface area (Å²) in [6, 6.07) is 6.51. The first-order valence-electron chi connectivity index (χ1n) is 9.24. The first-order valence-corrected chi connectivity index (χ1v) is 9.24. The number of nitrogens with zero attached hydrogens (tertiary/aromatic N) is 2. The summed E-state index contributed by atoms with van der Waals surface area (Å²) >= 11 is 0. The molecule has 4 nitrogen and oxygen atoms in total. The molecule has 0 amide bonds. The van der Waals surface area contributed by atoms with Gasteiger partial charge in [0.05, 0.1) is 17.7 Å². The molecule has 0 spiro atoms. The van der Waals surface area contributed by atoms with Gasteiger partial charge < -0.3 is 14.4 Å². The molecule has 1 N–H and O–H groups in total. The third-order valence-electron chi connectivity index (χ3n) is 6.20. The van der Waals surface area contributed by atoms with Crippen molar-refractivity contribution in [2.24, 2.45) is 11.3 Å². The zero-order valence-corrected chi connectivity index (χ0v) is 15.3. The minimum Gasteiger partial charge on any atom is -0.368 e. The number of fused-ring (bicyclic) bond motifs is 2. The number of rotatable bonds is 4. The van der Waals surface area contributed by atoms with Crippen LogP contribution in [0.5, 0.6) is 0 Å². The fraction of sp³-hybridized carbons (Fsp3) is 0.476. The highest BCUT2D eigenvalue weighted by Gasteiger charge is 2.43. The first kappa shape index (κ1) is 17.4. The Hall–Kier alpha value is -1.98. The van der Waals surface area contributed by atoms with Gasteiger partial charge in [-0.05, 0) is 55.5 Å². The maximum Gasteiger partial charge on any atom is 0.154 e. The molecule has 2 heterocycles. The van der Waals surface area contributed by atoms with Gasteiger partial charge in [0.2, 0.25) is 0 Å². The largest absolute Gasteiger partial charge is 0.368 e. The lowest BCUT2D eigenvalue weighted by Gasteiger charge is -2.46. The van der Waals surface area contributed by atoms with Gasteiger partial charge in [-0.2, -0.15) is 0 Å². The van der Waals surface area contributed by atoms with Crippen molar-refractivity contribution in [2.75, 3.05) is 7.11 Å². The van der Waals surface area contributed by atoms with Crippen LogP contribution in [0.3, 0.4) is 0 Å². The van der Waals surface area contributed by atoms with Crippen LogP contribution in [-0.2, 0) is 11.3 Å². The minimum absolute atomic E-state index is 0.00548. The summed E-state index contributed by atoms with van der Waals surface area (Å²) in [6.45, 7) is 3.15. The van der Waals surface area contributed by atoms with E-state index in [9.17, 15) is 9.50 Å². The molecule has 3 atom stereocenters. The second-order valence-corrected chi connectivity index (χ2v) is 7.72. The van der Waals surface area contributed by atoms with Crippen LogP contribution in [0.4, 0.5) is 4.39 Å². The Morgan fingerprint density at radius 3 is 2.88 bits per heavy atom.